The third-order valence-electron chi connectivity index (χ3n) is 5.40. The van der Waals surface area contributed by atoms with E-state index in [0.717, 1.165) is 63.0 Å². The van der Waals surface area contributed by atoms with Crippen LogP contribution in [0.4, 0.5) is 8.78 Å². The maximum absolute atomic E-state index is 13.1. The SMILES string of the molecule is C=C(CCN(C)C)NC(CC)CCN.CC.CN=C/C(=C\N)c1cc(CCCNC)ccc1C(F)F.CNC=O. The zero-order chi connectivity index (χ0) is 31.3. The Bertz CT molecular complexity index is 815. The van der Waals surface area contributed by atoms with Crippen LogP contribution in [-0.4, -0.2) is 78.4 Å². The highest BCUT2D eigenvalue weighted by Gasteiger charge is 2.15. The minimum atomic E-state index is -2.53. The van der Waals surface area contributed by atoms with E-state index in [4.69, 9.17) is 16.3 Å². The smallest absolute Gasteiger partial charge is 0.264 e. The van der Waals surface area contributed by atoms with Crippen molar-refractivity contribution in [2.75, 3.05) is 54.9 Å². The van der Waals surface area contributed by atoms with Gasteiger partial charge in [-0.05, 0) is 77.5 Å². The number of hydrogen-bond donors (Lipinski definition) is 5. The molecule has 1 rings (SSSR count). The van der Waals surface area contributed by atoms with Gasteiger partial charge in [-0.15, -0.1) is 0 Å². The molecular weight excluding hydrogens is 512 g/mol. The molecule has 0 heterocycles. The first-order valence-electron chi connectivity index (χ1n) is 13.9. The maximum Gasteiger partial charge on any atom is 0.264 e. The fraction of sp³-hybridized carbons (Fsp3) is 0.600. The maximum atomic E-state index is 13.1. The van der Waals surface area contributed by atoms with Crippen LogP contribution in [0.5, 0.6) is 0 Å². The summed E-state index contributed by atoms with van der Waals surface area (Å²) >= 11 is 0. The summed E-state index contributed by atoms with van der Waals surface area (Å²) in [6.45, 7) is 12.9. The number of nitrogens with zero attached hydrogens (tertiary/aromatic N) is 2. The van der Waals surface area contributed by atoms with Crippen molar-refractivity contribution in [1.82, 2.24) is 20.9 Å². The van der Waals surface area contributed by atoms with Gasteiger partial charge in [0, 0.05) is 55.9 Å². The second-order valence-corrected chi connectivity index (χ2v) is 8.83. The van der Waals surface area contributed by atoms with Gasteiger partial charge in [-0.3, -0.25) is 9.79 Å². The lowest BCUT2D eigenvalue weighted by molar-refractivity contribution is -0.109. The Labute approximate surface area is 242 Å². The van der Waals surface area contributed by atoms with Gasteiger partial charge in [0.2, 0.25) is 6.41 Å². The molecule has 0 saturated heterocycles. The average Bonchev–Trinajstić information content (AvgIpc) is 2.96. The third-order valence-corrected chi connectivity index (χ3v) is 5.40. The van der Waals surface area contributed by atoms with E-state index in [1.54, 1.807) is 26.2 Å². The minimum absolute atomic E-state index is 0.0148. The van der Waals surface area contributed by atoms with E-state index in [-0.39, 0.29) is 5.56 Å². The van der Waals surface area contributed by atoms with Crippen LogP contribution in [0.25, 0.3) is 5.57 Å². The third kappa shape index (κ3) is 22.0. The fourth-order valence-electron chi connectivity index (χ4n) is 3.31. The van der Waals surface area contributed by atoms with E-state index in [1.165, 1.54) is 18.5 Å². The zero-order valence-electron chi connectivity index (χ0n) is 26.2. The lowest BCUT2D eigenvalue weighted by atomic mass is 9.96. The lowest BCUT2D eigenvalue weighted by Gasteiger charge is -2.20. The molecule has 0 spiro atoms. The standard InChI is InChI=1S/C15H21F2N3.C11H25N3.C2H5NO.C2H6/c1-19-7-3-4-11-5-6-13(15(16)17)14(8-11)12(9-18)10-20-2;1-5-11(6-8-12)13-10(2)7-9-14(3)4;1-3-2-4;1-2/h5-6,8-10,15,19H,3-4,7,18H2,1-2H3;11,13H,2,5-9,12H2,1,3-4H3;2H,1H3,(H,3,4);1-2H3/b12-9+,20-10?;;;. The molecule has 0 aliphatic rings. The van der Waals surface area contributed by atoms with Crippen LogP contribution in [-0.2, 0) is 11.2 Å². The van der Waals surface area contributed by atoms with Crippen molar-refractivity contribution in [1.29, 1.82) is 0 Å². The number of benzene rings is 1. The van der Waals surface area contributed by atoms with Gasteiger partial charge in [0.25, 0.3) is 6.43 Å². The number of amides is 1. The molecule has 232 valence electrons. The molecule has 0 radical (unpaired) electrons. The van der Waals surface area contributed by atoms with Crippen molar-refractivity contribution in [2.24, 2.45) is 16.5 Å². The number of hydrogen-bond acceptors (Lipinski definition) is 7. The largest absolute Gasteiger partial charge is 0.404 e. The monoisotopic (exact) mass is 569 g/mol. The van der Waals surface area contributed by atoms with E-state index >= 15 is 0 Å². The van der Waals surface area contributed by atoms with Gasteiger partial charge in [-0.1, -0.05) is 45.5 Å². The fourth-order valence-corrected chi connectivity index (χ4v) is 3.31. The van der Waals surface area contributed by atoms with Crippen molar-refractivity contribution in [3.05, 3.63) is 53.4 Å². The lowest BCUT2D eigenvalue weighted by Crippen LogP contribution is -2.30. The normalized spacial score (nSPS) is 11.5. The van der Waals surface area contributed by atoms with Crippen molar-refractivity contribution >= 4 is 18.2 Å². The summed E-state index contributed by atoms with van der Waals surface area (Å²) in [6, 6.07) is 5.49. The topological polar surface area (TPSA) is 121 Å². The van der Waals surface area contributed by atoms with Crippen molar-refractivity contribution in [2.45, 2.75) is 65.3 Å². The highest BCUT2D eigenvalue weighted by molar-refractivity contribution is 6.10. The summed E-state index contributed by atoms with van der Waals surface area (Å²) in [5.41, 5.74) is 14.1. The Morgan fingerprint density at radius 1 is 1.23 bits per heavy atom. The van der Waals surface area contributed by atoms with Gasteiger partial charge in [0.1, 0.15) is 0 Å². The Morgan fingerprint density at radius 3 is 2.27 bits per heavy atom. The second kappa shape index (κ2) is 29.2. The van der Waals surface area contributed by atoms with E-state index in [2.05, 4.69) is 53.4 Å². The number of nitrogens with one attached hydrogen (secondary N) is 3. The molecule has 1 amide bonds. The van der Waals surface area contributed by atoms with Crippen LogP contribution in [0.3, 0.4) is 0 Å². The molecular formula is C30H57F2N7O. The van der Waals surface area contributed by atoms with Gasteiger partial charge >= 0.3 is 0 Å². The summed E-state index contributed by atoms with van der Waals surface area (Å²) in [4.78, 5) is 15.1. The number of halogens is 2. The van der Waals surface area contributed by atoms with Crippen LogP contribution in [0.1, 0.15) is 69.6 Å². The Hall–Kier alpha value is -2.82. The Balaban J connectivity index is -0.000000596. The van der Waals surface area contributed by atoms with E-state index in [0.29, 0.717) is 23.6 Å². The van der Waals surface area contributed by atoms with Gasteiger partial charge in [0.15, 0.2) is 0 Å². The molecule has 0 saturated carbocycles. The highest BCUT2D eigenvalue weighted by atomic mass is 19.3. The van der Waals surface area contributed by atoms with Gasteiger partial charge in [-0.25, -0.2) is 8.78 Å². The quantitative estimate of drug-likeness (QED) is 0.115. The van der Waals surface area contributed by atoms with Crippen LogP contribution < -0.4 is 27.4 Å². The Morgan fingerprint density at radius 2 is 1.85 bits per heavy atom. The summed E-state index contributed by atoms with van der Waals surface area (Å²) in [5, 5.41) is 8.74. The molecule has 0 aromatic heterocycles. The molecule has 0 aliphatic carbocycles. The van der Waals surface area contributed by atoms with Gasteiger partial charge in [0.05, 0.1) is 0 Å². The molecule has 1 atom stereocenters. The summed E-state index contributed by atoms with van der Waals surface area (Å²) in [6.07, 6.45) is 5.83. The van der Waals surface area contributed by atoms with Crippen molar-refractivity contribution in [3.8, 4) is 0 Å². The van der Waals surface area contributed by atoms with Crippen LogP contribution in [0, 0.1) is 0 Å². The summed E-state index contributed by atoms with van der Waals surface area (Å²) in [7, 11) is 9.18. The first-order chi connectivity index (χ1) is 19.1. The number of carbonyl (C=O) groups excluding carboxylic acids is 1. The molecule has 1 aromatic carbocycles. The van der Waals surface area contributed by atoms with Crippen molar-refractivity contribution < 1.29 is 13.6 Å². The molecule has 0 fully saturated rings. The summed E-state index contributed by atoms with van der Waals surface area (Å²) < 4.78 is 26.2. The number of rotatable bonds is 16. The van der Waals surface area contributed by atoms with Crippen molar-refractivity contribution in [3.63, 3.8) is 0 Å². The van der Waals surface area contributed by atoms with E-state index < -0.39 is 6.43 Å². The number of carbonyl (C=O) groups is 1. The van der Waals surface area contributed by atoms with Crippen LogP contribution in [0.2, 0.25) is 0 Å². The van der Waals surface area contributed by atoms with Crippen LogP contribution >= 0.6 is 0 Å². The molecule has 0 aliphatic heterocycles. The number of allylic oxidation sites excluding steroid dienone is 1. The molecule has 1 unspecified atom stereocenters. The van der Waals surface area contributed by atoms with Crippen LogP contribution in [0.15, 0.2) is 41.7 Å². The number of aryl methyl sites for hydroxylation is 1. The second-order valence-electron chi connectivity index (χ2n) is 8.83. The summed E-state index contributed by atoms with van der Waals surface area (Å²) in [5.74, 6) is 0. The average molecular weight is 570 g/mol. The van der Waals surface area contributed by atoms with Gasteiger partial charge in [-0.2, -0.15) is 0 Å². The highest BCUT2D eigenvalue weighted by Crippen LogP contribution is 2.28. The molecule has 8 nitrogen and oxygen atoms in total. The number of nitrogens with two attached hydrogens (primary N) is 2. The molecule has 7 N–H and O–H groups in total. The number of aliphatic imine (C=N–C) groups is 1. The van der Waals surface area contributed by atoms with E-state index in [1.807, 2.05) is 20.9 Å². The molecule has 10 heteroatoms. The first-order valence-corrected chi connectivity index (χ1v) is 13.9. The number of alkyl halides is 2. The first kappa shape index (κ1) is 41.7. The van der Waals surface area contributed by atoms with Gasteiger partial charge < -0.3 is 32.3 Å². The molecule has 40 heavy (non-hydrogen) atoms. The predicted molar refractivity (Wildman–Crippen MR) is 170 cm³/mol. The molecule has 1 aromatic rings. The van der Waals surface area contributed by atoms with E-state index in [9.17, 15) is 8.78 Å². The predicted octanol–water partition coefficient (Wildman–Crippen LogP) is 4.33. The Kier molecular flexibility index (Phi) is 30.4. The zero-order valence-corrected chi connectivity index (χ0v) is 26.2. The minimum Gasteiger partial charge on any atom is -0.404 e. The molecule has 0 bridgehead atoms.